The zero-order valence-corrected chi connectivity index (χ0v) is 12.8. The monoisotopic (exact) mass is 289 g/mol. The minimum Gasteiger partial charge on any atom is -0.398 e. The quantitative estimate of drug-likeness (QED) is 0.579. The second-order valence-corrected chi connectivity index (χ2v) is 5.46. The second kappa shape index (κ2) is 5.90. The summed E-state index contributed by atoms with van der Waals surface area (Å²) >= 11 is 0. The molecule has 3 aromatic carbocycles. The molecule has 0 radical (unpaired) electrons. The van der Waals surface area contributed by atoms with Gasteiger partial charge in [-0.1, -0.05) is 36.4 Å². The van der Waals surface area contributed by atoms with Crippen LogP contribution in [0.5, 0.6) is 0 Å². The maximum Gasteiger partial charge on any atom is 0.0708 e. The number of anilines is 2. The van der Waals surface area contributed by atoms with E-state index in [1.165, 1.54) is 5.69 Å². The van der Waals surface area contributed by atoms with Crippen LogP contribution in [-0.4, -0.2) is 20.3 Å². The van der Waals surface area contributed by atoms with E-state index in [4.69, 9.17) is 5.73 Å². The van der Waals surface area contributed by atoms with Gasteiger partial charge in [0, 0.05) is 42.5 Å². The van der Waals surface area contributed by atoms with E-state index in [2.05, 4.69) is 34.2 Å². The second-order valence-electron chi connectivity index (χ2n) is 5.46. The largest absolute Gasteiger partial charge is 0.398 e. The third-order valence-corrected chi connectivity index (χ3v) is 3.69. The summed E-state index contributed by atoms with van der Waals surface area (Å²) in [7, 11) is 4.06. The standard InChI is InChI=1S/C19H19N3/c1-22(2)15-11-9-14(10-12-15)13-21-19-8-4-5-16-17(19)6-3-7-18(16)20/h3-13H,20H2,1-2H3. The molecule has 0 aromatic heterocycles. The first-order chi connectivity index (χ1) is 10.6. The molecule has 3 rings (SSSR count). The molecule has 110 valence electrons. The minimum atomic E-state index is 0.782. The Hall–Kier alpha value is -2.81. The molecule has 22 heavy (non-hydrogen) atoms. The van der Waals surface area contributed by atoms with Crippen LogP contribution in [-0.2, 0) is 0 Å². The molecule has 2 N–H and O–H groups in total. The summed E-state index contributed by atoms with van der Waals surface area (Å²) in [6.07, 6.45) is 1.89. The Morgan fingerprint density at radius 2 is 1.55 bits per heavy atom. The van der Waals surface area contributed by atoms with Crippen LogP contribution in [0.15, 0.2) is 65.7 Å². The average molecular weight is 289 g/mol. The van der Waals surface area contributed by atoms with Crippen molar-refractivity contribution in [3.05, 3.63) is 66.2 Å². The van der Waals surface area contributed by atoms with Crippen LogP contribution >= 0.6 is 0 Å². The van der Waals surface area contributed by atoms with E-state index in [0.717, 1.165) is 27.7 Å². The van der Waals surface area contributed by atoms with Gasteiger partial charge in [0.05, 0.1) is 5.69 Å². The van der Waals surface area contributed by atoms with Crippen LogP contribution < -0.4 is 10.6 Å². The van der Waals surface area contributed by atoms with E-state index in [-0.39, 0.29) is 0 Å². The molecule has 0 amide bonds. The number of nitrogens with zero attached hydrogens (tertiary/aromatic N) is 2. The fourth-order valence-electron chi connectivity index (χ4n) is 2.43. The highest BCUT2D eigenvalue weighted by atomic mass is 15.1. The molecule has 0 spiro atoms. The molecule has 0 saturated heterocycles. The number of nitrogens with two attached hydrogens (primary N) is 1. The van der Waals surface area contributed by atoms with Crippen LogP contribution in [0, 0.1) is 0 Å². The fourth-order valence-corrected chi connectivity index (χ4v) is 2.43. The smallest absolute Gasteiger partial charge is 0.0708 e. The Morgan fingerprint density at radius 3 is 2.27 bits per heavy atom. The number of aliphatic imine (C=N–C) groups is 1. The topological polar surface area (TPSA) is 41.6 Å². The highest BCUT2D eigenvalue weighted by Gasteiger charge is 2.01. The molecular formula is C19H19N3. The highest BCUT2D eigenvalue weighted by Crippen LogP contribution is 2.29. The summed E-state index contributed by atoms with van der Waals surface area (Å²) in [4.78, 5) is 6.70. The van der Waals surface area contributed by atoms with Crippen LogP contribution in [0.2, 0.25) is 0 Å². The summed E-state index contributed by atoms with van der Waals surface area (Å²) in [5.41, 5.74) is 9.99. The van der Waals surface area contributed by atoms with Crippen LogP contribution in [0.3, 0.4) is 0 Å². The Labute approximate surface area is 130 Å². The van der Waals surface area contributed by atoms with Gasteiger partial charge < -0.3 is 10.6 Å². The number of hydrogen-bond donors (Lipinski definition) is 1. The van der Waals surface area contributed by atoms with E-state index in [0.29, 0.717) is 0 Å². The fraction of sp³-hybridized carbons (Fsp3) is 0.105. The van der Waals surface area contributed by atoms with Crippen molar-refractivity contribution in [2.45, 2.75) is 0 Å². The summed E-state index contributed by atoms with van der Waals surface area (Å²) in [5, 5.41) is 2.11. The third-order valence-electron chi connectivity index (χ3n) is 3.69. The Balaban J connectivity index is 1.94. The molecule has 0 aliphatic heterocycles. The van der Waals surface area contributed by atoms with Gasteiger partial charge in [-0.2, -0.15) is 0 Å². The predicted molar refractivity (Wildman–Crippen MR) is 96.4 cm³/mol. The number of hydrogen-bond acceptors (Lipinski definition) is 3. The number of fused-ring (bicyclic) bond motifs is 1. The van der Waals surface area contributed by atoms with Crippen molar-refractivity contribution < 1.29 is 0 Å². The van der Waals surface area contributed by atoms with Crippen molar-refractivity contribution in [2.75, 3.05) is 24.7 Å². The van der Waals surface area contributed by atoms with E-state index in [9.17, 15) is 0 Å². The predicted octanol–water partition coefficient (Wildman–Crippen LogP) is 4.24. The van der Waals surface area contributed by atoms with Crippen LogP contribution in [0.4, 0.5) is 17.1 Å². The van der Waals surface area contributed by atoms with E-state index < -0.39 is 0 Å². The van der Waals surface area contributed by atoms with E-state index in [1.54, 1.807) is 0 Å². The Bertz CT molecular complexity index is 818. The van der Waals surface area contributed by atoms with E-state index >= 15 is 0 Å². The van der Waals surface area contributed by atoms with Gasteiger partial charge in [0.25, 0.3) is 0 Å². The van der Waals surface area contributed by atoms with Gasteiger partial charge in [0.2, 0.25) is 0 Å². The molecule has 0 atom stereocenters. The van der Waals surface area contributed by atoms with Crippen molar-refractivity contribution in [1.82, 2.24) is 0 Å². The highest BCUT2D eigenvalue weighted by molar-refractivity contribution is 6.01. The Morgan fingerprint density at radius 1 is 0.864 bits per heavy atom. The molecule has 0 saturated carbocycles. The molecular weight excluding hydrogens is 270 g/mol. The summed E-state index contributed by atoms with van der Waals surface area (Å²) in [6.45, 7) is 0. The third kappa shape index (κ3) is 2.79. The van der Waals surface area contributed by atoms with Crippen molar-refractivity contribution in [3.8, 4) is 0 Å². The molecule has 0 fully saturated rings. The van der Waals surface area contributed by atoms with Crippen molar-refractivity contribution in [3.63, 3.8) is 0 Å². The van der Waals surface area contributed by atoms with Crippen LogP contribution in [0.1, 0.15) is 5.56 Å². The number of rotatable bonds is 3. The van der Waals surface area contributed by atoms with E-state index in [1.807, 2.05) is 56.7 Å². The van der Waals surface area contributed by atoms with Crippen molar-refractivity contribution in [1.29, 1.82) is 0 Å². The van der Waals surface area contributed by atoms with Gasteiger partial charge >= 0.3 is 0 Å². The zero-order valence-electron chi connectivity index (χ0n) is 12.8. The summed E-state index contributed by atoms with van der Waals surface area (Å²) < 4.78 is 0. The molecule has 0 aliphatic carbocycles. The molecule has 0 unspecified atom stereocenters. The summed E-state index contributed by atoms with van der Waals surface area (Å²) in [5.74, 6) is 0. The number of benzene rings is 3. The molecule has 0 bridgehead atoms. The van der Waals surface area contributed by atoms with Crippen LogP contribution in [0.25, 0.3) is 10.8 Å². The maximum absolute atomic E-state index is 6.02. The van der Waals surface area contributed by atoms with Crippen molar-refractivity contribution >= 4 is 34.0 Å². The van der Waals surface area contributed by atoms with Gasteiger partial charge in [-0.05, 0) is 29.8 Å². The molecule has 0 aliphatic rings. The molecule has 3 nitrogen and oxygen atoms in total. The lowest BCUT2D eigenvalue weighted by molar-refractivity contribution is 1.13. The first-order valence-corrected chi connectivity index (χ1v) is 7.24. The van der Waals surface area contributed by atoms with Crippen molar-refractivity contribution in [2.24, 2.45) is 4.99 Å². The van der Waals surface area contributed by atoms with Gasteiger partial charge in [0.1, 0.15) is 0 Å². The molecule has 3 aromatic rings. The normalized spacial score (nSPS) is 11.2. The minimum absolute atomic E-state index is 0.782. The lowest BCUT2D eigenvalue weighted by Crippen LogP contribution is -2.08. The van der Waals surface area contributed by atoms with Gasteiger partial charge in [-0.15, -0.1) is 0 Å². The first kappa shape index (κ1) is 14.1. The average Bonchev–Trinajstić information content (AvgIpc) is 2.54. The Kier molecular flexibility index (Phi) is 3.79. The van der Waals surface area contributed by atoms with Gasteiger partial charge in [-0.3, -0.25) is 4.99 Å². The molecule has 0 heterocycles. The lowest BCUT2D eigenvalue weighted by Gasteiger charge is -2.11. The number of nitrogen functional groups attached to an aromatic ring is 1. The SMILES string of the molecule is CN(C)c1ccc(C=Nc2cccc3c(N)cccc23)cc1. The lowest BCUT2D eigenvalue weighted by atomic mass is 10.1. The first-order valence-electron chi connectivity index (χ1n) is 7.24. The van der Waals surface area contributed by atoms with Gasteiger partial charge in [-0.25, -0.2) is 0 Å². The molecule has 3 heteroatoms. The zero-order chi connectivity index (χ0) is 15.5. The van der Waals surface area contributed by atoms with Gasteiger partial charge in [0.15, 0.2) is 0 Å². The maximum atomic E-state index is 6.02. The summed E-state index contributed by atoms with van der Waals surface area (Å²) in [6, 6.07) is 20.2.